The van der Waals surface area contributed by atoms with Crippen LogP contribution >= 0.6 is 0 Å². The van der Waals surface area contributed by atoms with Crippen LogP contribution in [0.4, 0.5) is 8.78 Å². The van der Waals surface area contributed by atoms with Crippen LogP contribution in [0.1, 0.15) is 60.3 Å². The summed E-state index contributed by atoms with van der Waals surface area (Å²) in [6.45, 7) is 9.04. The molecule has 4 heteroatoms. The minimum Gasteiger partial charge on any atom is -0.389 e. The van der Waals surface area contributed by atoms with Crippen LogP contribution in [-0.2, 0) is 4.79 Å². The lowest BCUT2D eigenvalue weighted by Gasteiger charge is -2.43. The van der Waals surface area contributed by atoms with Gasteiger partial charge in [-0.2, -0.15) is 0 Å². The molecule has 2 aliphatic carbocycles. The molecule has 0 saturated heterocycles. The fraction of sp³-hybridized carbons (Fsp3) is 0.938. The summed E-state index contributed by atoms with van der Waals surface area (Å²) in [4.78, 5) is 12.6. The number of fused-ring (bicyclic) bond motifs is 1. The molecule has 0 spiro atoms. The number of aliphatic hydroxyl groups is 1. The van der Waals surface area contributed by atoms with Crippen molar-refractivity contribution in [2.45, 2.75) is 71.8 Å². The van der Waals surface area contributed by atoms with Gasteiger partial charge >= 0.3 is 0 Å². The van der Waals surface area contributed by atoms with E-state index in [4.69, 9.17) is 0 Å². The summed E-state index contributed by atoms with van der Waals surface area (Å²) in [5, 5.41) is 11.0. The normalized spacial score (nSPS) is 37.0. The largest absolute Gasteiger partial charge is 0.389 e. The number of hydrogen-bond donors (Lipinski definition) is 1. The standard InChI is InChI=1S/C16H26F2O2/c1-13(2,3)12(19)14(4,5)15(20)6-10-8-16(17,18)9-11(10)7-15/h10-11,20H,6-9H2,1-5H3/t10-,11+,15-. The van der Waals surface area contributed by atoms with Gasteiger partial charge in [0.15, 0.2) is 0 Å². The van der Waals surface area contributed by atoms with Crippen LogP contribution in [0, 0.1) is 22.7 Å². The Bertz CT molecular complexity index is 405. The van der Waals surface area contributed by atoms with E-state index in [1.807, 2.05) is 20.8 Å². The molecule has 0 heterocycles. The van der Waals surface area contributed by atoms with Crippen molar-refractivity contribution in [1.29, 1.82) is 0 Å². The summed E-state index contributed by atoms with van der Waals surface area (Å²) in [7, 11) is 0. The summed E-state index contributed by atoms with van der Waals surface area (Å²) in [6.07, 6.45) is 0.365. The molecule has 0 unspecified atom stereocenters. The van der Waals surface area contributed by atoms with Crippen LogP contribution in [0.2, 0.25) is 0 Å². The molecular formula is C16H26F2O2. The summed E-state index contributed by atoms with van der Waals surface area (Å²) in [6, 6.07) is 0. The molecule has 0 aromatic rings. The molecule has 0 aliphatic heterocycles. The number of ketones is 1. The van der Waals surface area contributed by atoms with E-state index in [0.29, 0.717) is 12.8 Å². The highest BCUT2D eigenvalue weighted by atomic mass is 19.3. The van der Waals surface area contributed by atoms with Gasteiger partial charge < -0.3 is 5.11 Å². The number of rotatable bonds is 2. The van der Waals surface area contributed by atoms with Gasteiger partial charge in [0, 0.05) is 18.3 Å². The Morgan fingerprint density at radius 1 is 1.00 bits per heavy atom. The maximum absolute atomic E-state index is 13.4. The fourth-order valence-electron chi connectivity index (χ4n) is 4.27. The van der Waals surface area contributed by atoms with Crippen molar-refractivity contribution in [3.05, 3.63) is 0 Å². The third kappa shape index (κ3) is 2.40. The Balaban J connectivity index is 2.21. The van der Waals surface area contributed by atoms with Gasteiger partial charge in [-0.25, -0.2) is 8.78 Å². The molecule has 116 valence electrons. The summed E-state index contributed by atoms with van der Waals surface area (Å²) < 4.78 is 26.8. The van der Waals surface area contributed by atoms with Crippen molar-refractivity contribution < 1.29 is 18.7 Å². The van der Waals surface area contributed by atoms with E-state index in [0.717, 1.165) is 0 Å². The van der Waals surface area contributed by atoms with Crippen LogP contribution in [-0.4, -0.2) is 22.4 Å². The molecule has 3 atom stereocenters. The first-order valence-corrected chi connectivity index (χ1v) is 7.44. The highest BCUT2D eigenvalue weighted by Gasteiger charge is 2.61. The van der Waals surface area contributed by atoms with Crippen molar-refractivity contribution in [3.63, 3.8) is 0 Å². The molecule has 2 nitrogen and oxygen atoms in total. The van der Waals surface area contributed by atoms with Crippen molar-refractivity contribution >= 4 is 5.78 Å². The molecular weight excluding hydrogens is 262 g/mol. The number of halogens is 2. The maximum Gasteiger partial charge on any atom is 0.248 e. The smallest absolute Gasteiger partial charge is 0.248 e. The quantitative estimate of drug-likeness (QED) is 0.839. The van der Waals surface area contributed by atoms with E-state index in [1.165, 1.54) is 0 Å². The maximum atomic E-state index is 13.4. The first kappa shape index (κ1) is 15.9. The van der Waals surface area contributed by atoms with E-state index in [1.54, 1.807) is 13.8 Å². The van der Waals surface area contributed by atoms with Gasteiger partial charge in [-0.15, -0.1) is 0 Å². The predicted molar refractivity (Wildman–Crippen MR) is 73.6 cm³/mol. The van der Waals surface area contributed by atoms with Gasteiger partial charge in [-0.3, -0.25) is 4.79 Å². The first-order chi connectivity index (χ1) is 8.79. The monoisotopic (exact) mass is 288 g/mol. The lowest BCUT2D eigenvalue weighted by molar-refractivity contribution is -0.153. The van der Waals surface area contributed by atoms with Gasteiger partial charge in [0.05, 0.1) is 11.0 Å². The lowest BCUT2D eigenvalue weighted by Crippen LogP contribution is -2.52. The van der Waals surface area contributed by atoms with Gasteiger partial charge in [-0.05, 0) is 24.7 Å². The van der Waals surface area contributed by atoms with Gasteiger partial charge in [-0.1, -0.05) is 34.6 Å². The number of carbonyl (C=O) groups is 1. The minimum absolute atomic E-state index is 0.000710. The fourth-order valence-corrected chi connectivity index (χ4v) is 4.27. The van der Waals surface area contributed by atoms with E-state index in [-0.39, 0.29) is 30.5 Å². The van der Waals surface area contributed by atoms with Crippen LogP contribution in [0.25, 0.3) is 0 Å². The molecule has 2 saturated carbocycles. The molecule has 0 radical (unpaired) electrons. The summed E-state index contributed by atoms with van der Waals surface area (Å²) in [5.74, 6) is -2.89. The van der Waals surface area contributed by atoms with Crippen LogP contribution in [0.3, 0.4) is 0 Å². The van der Waals surface area contributed by atoms with Crippen LogP contribution < -0.4 is 0 Å². The van der Waals surface area contributed by atoms with E-state index in [2.05, 4.69) is 0 Å². The lowest BCUT2D eigenvalue weighted by atomic mass is 9.64. The zero-order valence-corrected chi connectivity index (χ0v) is 13.1. The summed E-state index contributed by atoms with van der Waals surface area (Å²) >= 11 is 0. The van der Waals surface area contributed by atoms with Crippen molar-refractivity contribution in [2.75, 3.05) is 0 Å². The first-order valence-electron chi connectivity index (χ1n) is 7.44. The Labute approximate surface area is 119 Å². The van der Waals surface area contributed by atoms with Gasteiger partial charge in [0.25, 0.3) is 0 Å². The molecule has 0 bridgehead atoms. The zero-order valence-electron chi connectivity index (χ0n) is 13.1. The van der Waals surface area contributed by atoms with Gasteiger partial charge in [0.2, 0.25) is 5.92 Å². The zero-order chi connectivity index (χ0) is 15.6. The number of hydrogen-bond acceptors (Lipinski definition) is 2. The van der Waals surface area contributed by atoms with Crippen LogP contribution in [0.5, 0.6) is 0 Å². The average molecular weight is 288 g/mol. The molecule has 0 aromatic heterocycles. The molecule has 2 rings (SSSR count). The molecule has 0 aromatic carbocycles. The van der Waals surface area contributed by atoms with Crippen molar-refractivity contribution in [2.24, 2.45) is 22.7 Å². The third-order valence-electron chi connectivity index (χ3n) is 5.40. The number of alkyl halides is 2. The second-order valence-corrected chi connectivity index (χ2v) is 8.43. The molecule has 0 amide bonds. The van der Waals surface area contributed by atoms with E-state index >= 15 is 0 Å². The minimum atomic E-state index is -2.59. The third-order valence-corrected chi connectivity index (χ3v) is 5.40. The van der Waals surface area contributed by atoms with E-state index < -0.39 is 22.4 Å². The van der Waals surface area contributed by atoms with Gasteiger partial charge in [0.1, 0.15) is 5.78 Å². The molecule has 20 heavy (non-hydrogen) atoms. The van der Waals surface area contributed by atoms with Crippen molar-refractivity contribution in [3.8, 4) is 0 Å². The van der Waals surface area contributed by atoms with Crippen molar-refractivity contribution in [1.82, 2.24) is 0 Å². The van der Waals surface area contributed by atoms with Crippen LogP contribution in [0.15, 0.2) is 0 Å². The molecule has 2 aliphatic rings. The Morgan fingerprint density at radius 2 is 1.40 bits per heavy atom. The molecule has 2 fully saturated rings. The van der Waals surface area contributed by atoms with E-state index in [9.17, 15) is 18.7 Å². The predicted octanol–water partition coefficient (Wildman–Crippen LogP) is 3.81. The Kier molecular flexibility index (Phi) is 3.37. The number of Topliss-reactive ketones (excluding diaryl/α,β-unsaturated/α-hetero) is 1. The second kappa shape index (κ2) is 4.25. The SMILES string of the molecule is CC(C)(C)C(=O)C(C)(C)[C@]1(O)C[C@H]2CC(F)(F)C[C@H]2C1. The average Bonchev–Trinajstić information content (AvgIpc) is 2.65. The Hall–Kier alpha value is -0.510. The summed E-state index contributed by atoms with van der Waals surface area (Å²) in [5.41, 5.74) is -2.59. The second-order valence-electron chi connectivity index (χ2n) is 8.43. The topological polar surface area (TPSA) is 37.3 Å². The number of carbonyl (C=O) groups excluding carboxylic acids is 1. The highest BCUT2D eigenvalue weighted by Crippen LogP contribution is 2.59. The molecule has 1 N–H and O–H groups in total. The highest BCUT2D eigenvalue weighted by molar-refractivity contribution is 5.90. The Morgan fingerprint density at radius 3 is 1.75 bits per heavy atom.